The van der Waals surface area contributed by atoms with E-state index in [0.717, 1.165) is 5.56 Å². The lowest BCUT2D eigenvalue weighted by atomic mass is 9.95. The molecule has 0 aliphatic carbocycles. The maximum absolute atomic E-state index is 11.9. The predicted octanol–water partition coefficient (Wildman–Crippen LogP) is 4.79. The van der Waals surface area contributed by atoms with Gasteiger partial charge in [-0.15, -0.1) is 0 Å². The second kappa shape index (κ2) is 7.39. The summed E-state index contributed by atoms with van der Waals surface area (Å²) >= 11 is 23.4. The van der Waals surface area contributed by atoms with Gasteiger partial charge in [0.25, 0.3) is 0 Å². The van der Waals surface area contributed by atoms with Gasteiger partial charge in [-0.3, -0.25) is 4.79 Å². The van der Waals surface area contributed by atoms with Crippen LogP contribution in [0.5, 0.6) is 0 Å². The van der Waals surface area contributed by atoms with Crippen molar-refractivity contribution in [2.45, 2.75) is 12.3 Å². The third-order valence-electron chi connectivity index (χ3n) is 2.64. The lowest BCUT2D eigenvalue weighted by Crippen LogP contribution is -2.23. The number of rotatable bonds is 4. The van der Waals surface area contributed by atoms with Crippen LogP contribution in [-0.2, 0) is 4.79 Å². The zero-order chi connectivity index (χ0) is 14.6. The van der Waals surface area contributed by atoms with Gasteiger partial charge in [-0.2, -0.15) is 0 Å². The van der Waals surface area contributed by atoms with E-state index in [0.29, 0.717) is 5.02 Å². The summed E-state index contributed by atoms with van der Waals surface area (Å²) in [5.74, 6) is -0.438. The van der Waals surface area contributed by atoms with E-state index in [1.54, 1.807) is 38.4 Å². The molecule has 0 N–H and O–H groups in total. The minimum Gasteiger partial charge on any atom is -0.349 e. The number of benzene rings is 1. The van der Waals surface area contributed by atoms with Crippen molar-refractivity contribution in [1.82, 2.24) is 4.90 Å². The molecule has 0 unspecified atom stereocenters. The molecular formula is C13H13Cl4NO. The summed E-state index contributed by atoms with van der Waals surface area (Å²) in [4.78, 5) is 13.3. The van der Waals surface area contributed by atoms with Crippen molar-refractivity contribution in [3.05, 3.63) is 44.4 Å². The fourth-order valence-corrected chi connectivity index (χ4v) is 2.13. The van der Waals surface area contributed by atoms with Crippen LogP contribution < -0.4 is 0 Å². The van der Waals surface area contributed by atoms with Crippen LogP contribution in [0.2, 0.25) is 5.02 Å². The van der Waals surface area contributed by atoms with E-state index in [1.165, 1.54) is 4.90 Å². The predicted molar refractivity (Wildman–Crippen MR) is 82.1 cm³/mol. The number of allylic oxidation sites excluding steroid dienone is 1. The van der Waals surface area contributed by atoms with Gasteiger partial charge in [-0.05, 0) is 17.7 Å². The average Bonchev–Trinajstić information content (AvgIpc) is 2.35. The first-order chi connectivity index (χ1) is 8.82. The largest absolute Gasteiger partial charge is 0.349 e. The van der Waals surface area contributed by atoms with Crippen LogP contribution >= 0.6 is 46.4 Å². The molecule has 0 radical (unpaired) electrons. The average molecular weight is 341 g/mol. The summed E-state index contributed by atoms with van der Waals surface area (Å²) < 4.78 is -0.0341. The van der Waals surface area contributed by atoms with Gasteiger partial charge in [-0.25, -0.2) is 0 Å². The Labute approximate surface area is 132 Å². The van der Waals surface area contributed by atoms with Crippen molar-refractivity contribution in [3.8, 4) is 0 Å². The number of carbonyl (C=O) groups is 1. The first-order valence-electron chi connectivity index (χ1n) is 5.49. The highest BCUT2D eigenvalue weighted by Crippen LogP contribution is 2.36. The maximum atomic E-state index is 11.9. The molecule has 1 aromatic rings. The monoisotopic (exact) mass is 339 g/mol. The molecule has 0 heterocycles. The van der Waals surface area contributed by atoms with E-state index in [2.05, 4.69) is 0 Å². The molecule has 0 aliphatic rings. The van der Waals surface area contributed by atoms with Gasteiger partial charge >= 0.3 is 0 Å². The minimum atomic E-state index is -0.376. The van der Waals surface area contributed by atoms with Gasteiger partial charge in [0, 0.05) is 31.5 Å². The van der Waals surface area contributed by atoms with E-state index in [9.17, 15) is 4.79 Å². The van der Waals surface area contributed by atoms with Gasteiger partial charge in [0.15, 0.2) is 0 Å². The molecule has 0 aromatic heterocycles. The molecule has 0 bridgehead atoms. The molecule has 0 saturated carbocycles. The molecule has 0 aliphatic heterocycles. The van der Waals surface area contributed by atoms with Crippen molar-refractivity contribution in [2.75, 3.05) is 14.1 Å². The molecule has 0 spiro atoms. The molecule has 1 aromatic carbocycles. The Morgan fingerprint density at radius 1 is 1.16 bits per heavy atom. The number of hydrogen-bond acceptors (Lipinski definition) is 1. The van der Waals surface area contributed by atoms with E-state index < -0.39 is 0 Å². The fraction of sp³-hybridized carbons (Fsp3) is 0.308. The summed E-state index contributed by atoms with van der Waals surface area (Å²) in [6.07, 6.45) is 0.191. The first-order valence-corrected chi connectivity index (χ1v) is 7.00. The lowest BCUT2D eigenvalue weighted by Gasteiger charge is -2.19. The summed E-state index contributed by atoms with van der Waals surface area (Å²) in [7, 11) is 3.36. The van der Waals surface area contributed by atoms with Gasteiger partial charge in [0.05, 0.1) is 5.03 Å². The molecule has 104 valence electrons. The highest BCUT2D eigenvalue weighted by atomic mass is 35.5. The summed E-state index contributed by atoms with van der Waals surface area (Å²) in [5, 5.41) is 0.861. The maximum Gasteiger partial charge on any atom is 0.223 e. The standard InChI is InChI=1S/C13H13Cl4NO/c1-18(2)11(19)7-10(12(15)13(16)17)8-3-5-9(14)6-4-8/h3-6,10H,7H2,1-2H3/t10-/m1/s1. The van der Waals surface area contributed by atoms with Crippen molar-refractivity contribution < 1.29 is 4.79 Å². The van der Waals surface area contributed by atoms with Crippen LogP contribution in [0.1, 0.15) is 17.9 Å². The fourth-order valence-electron chi connectivity index (χ4n) is 1.54. The molecule has 1 amide bonds. The SMILES string of the molecule is CN(C)C(=O)C[C@@H](C(Cl)=C(Cl)Cl)c1ccc(Cl)cc1. The van der Waals surface area contributed by atoms with Crippen LogP contribution in [0.3, 0.4) is 0 Å². The van der Waals surface area contributed by atoms with Crippen molar-refractivity contribution >= 4 is 52.3 Å². The number of carbonyl (C=O) groups excluding carboxylic acids is 1. The molecule has 2 nitrogen and oxygen atoms in total. The van der Waals surface area contributed by atoms with Gasteiger partial charge in [0.2, 0.25) is 5.91 Å². The van der Waals surface area contributed by atoms with Gasteiger partial charge in [-0.1, -0.05) is 58.5 Å². The quantitative estimate of drug-likeness (QED) is 0.771. The molecule has 0 fully saturated rings. The number of nitrogens with zero attached hydrogens (tertiary/aromatic N) is 1. The zero-order valence-electron chi connectivity index (χ0n) is 10.5. The van der Waals surface area contributed by atoms with Crippen molar-refractivity contribution in [3.63, 3.8) is 0 Å². The van der Waals surface area contributed by atoms with Gasteiger partial charge in [0.1, 0.15) is 4.49 Å². The van der Waals surface area contributed by atoms with Crippen molar-refractivity contribution in [2.24, 2.45) is 0 Å². The first kappa shape index (κ1) is 16.6. The Morgan fingerprint density at radius 2 is 1.68 bits per heavy atom. The Bertz CT molecular complexity index is 478. The third kappa shape index (κ3) is 4.88. The Hall–Kier alpha value is -0.410. The van der Waals surface area contributed by atoms with E-state index >= 15 is 0 Å². The third-order valence-corrected chi connectivity index (χ3v) is 3.94. The van der Waals surface area contributed by atoms with Gasteiger partial charge < -0.3 is 4.90 Å². The molecule has 1 atom stereocenters. The van der Waals surface area contributed by atoms with E-state index in [-0.39, 0.29) is 27.8 Å². The van der Waals surface area contributed by atoms with Crippen LogP contribution in [0, 0.1) is 0 Å². The second-order valence-electron chi connectivity index (χ2n) is 4.20. The summed E-state index contributed by atoms with van der Waals surface area (Å²) in [5.41, 5.74) is 0.836. The van der Waals surface area contributed by atoms with Crippen LogP contribution in [0.15, 0.2) is 33.8 Å². The number of hydrogen-bond donors (Lipinski definition) is 0. The number of amides is 1. The Kier molecular flexibility index (Phi) is 6.48. The van der Waals surface area contributed by atoms with E-state index in [4.69, 9.17) is 46.4 Å². The molecule has 0 saturated heterocycles. The summed E-state index contributed by atoms with van der Waals surface area (Å²) in [6.45, 7) is 0. The number of halogens is 4. The molecule has 1 rings (SSSR count). The Balaban J connectivity index is 3.09. The normalized spacial score (nSPS) is 11.9. The topological polar surface area (TPSA) is 20.3 Å². The highest BCUT2D eigenvalue weighted by molar-refractivity contribution is 6.59. The molecule has 19 heavy (non-hydrogen) atoms. The van der Waals surface area contributed by atoms with Crippen molar-refractivity contribution in [1.29, 1.82) is 0 Å². The molecular weight excluding hydrogens is 328 g/mol. The second-order valence-corrected chi connectivity index (χ2v) is 6.00. The zero-order valence-corrected chi connectivity index (χ0v) is 13.5. The lowest BCUT2D eigenvalue weighted by molar-refractivity contribution is -0.128. The van der Waals surface area contributed by atoms with Crippen LogP contribution in [0.25, 0.3) is 0 Å². The smallest absolute Gasteiger partial charge is 0.223 e. The van der Waals surface area contributed by atoms with Crippen LogP contribution in [-0.4, -0.2) is 24.9 Å². The Morgan fingerprint density at radius 3 is 2.11 bits per heavy atom. The van der Waals surface area contributed by atoms with Crippen LogP contribution in [0.4, 0.5) is 0 Å². The molecule has 6 heteroatoms. The summed E-state index contributed by atoms with van der Waals surface area (Å²) in [6, 6.07) is 7.07. The van der Waals surface area contributed by atoms with E-state index in [1.807, 2.05) is 0 Å². The highest BCUT2D eigenvalue weighted by Gasteiger charge is 2.22. The minimum absolute atomic E-state index is 0.0341.